The first-order valence-corrected chi connectivity index (χ1v) is 7.64. The van der Waals surface area contributed by atoms with Crippen LogP contribution in [-0.2, 0) is 14.8 Å². The minimum atomic E-state index is -3.93. The van der Waals surface area contributed by atoms with E-state index in [0.29, 0.717) is 6.42 Å². The van der Waals surface area contributed by atoms with Crippen molar-refractivity contribution in [3.8, 4) is 5.75 Å². The first-order valence-electron chi connectivity index (χ1n) is 6.20. The van der Waals surface area contributed by atoms with Crippen molar-refractivity contribution in [1.82, 2.24) is 4.31 Å². The Bertz CT molecular complexity index is 654. The Balaban J connectivity index is 2.35. The van der Waals surface area contributed by atoms with E-state index in [1.807, 2.05) is 0 Å². The summed E-state index contributed by atoms with van der Waals surface area (Å²) < 4.78 is 44.5. The Labute approximate surface area is 121 Å². The fourth-order valence-corrected chi connectivity index (χ4v) is 3.83. The fourth-order valence-electron chi connectivity index (χ4n) is 2.28. The monoisotopic (exact) mass is 317 g/mol. The first-order chi connectivity index (χ1) is 9.77. The van der Waals surface area contributed by atoms with Crippen LogP contribution in [0.25, 0.3) is 0 Å². The normalized spacial score (nSPS) is 19.6. The molecule has 1 amide bonds. The molecule has 1 aliphatic rings. The van der Waals surface area contributed by atoms with Gasteiger partial charge in [0, 0.05) is 13.1 Å². The standard InChI is InChI=1S/C12H16FN3O4S/c1-20-11-9(13)4-8(5-10(11)14)21(18,19)16-3-2-7(6-16)12(15)17/h4-5,7H,2-3,6,14H2,1H3,(H2,15,17). The fraction of sp³-hybridized carbons (Fsp3) is 0.417. The van der Waals surface area contributed by atoms with Crippen LogP contribution >= 0.6 is 0 Å². The molecule has 9 heteroatoms. The maximum absolute atomic E-state index is 13.8. The molecule has 1 heterocycles. The molecular formula is C12H16FN3O4S. The second-order valence-corrected chi connectivity index (χ2v) is 6.72. The third kappa shape index (κ3) is 2.79. The van der Waals surface area contributed by atoms with E-state index < -0.39 is 27.7 Å². The molecule has 0 aliphatic carbocycles. The summed E-state index contributed by atoms with van der Waals surface area (Å²) in [5.41, 5.74) is 10.6. The molecule has 1 aromatic rings. The molecule has 21 heavy (non-hydrogen) atoms. The first kappa shape index (κ1) is 15.5. The van der Waals surface area contributed by atoms with Gasteiger partial charge in [0.05, 0.1) is 23.6 Å². The summed E-state index contributed by atoms with van der Waals surface area (Å²) in [6.07, 6.45) is 0.350. The van der Waals surface area contributed by atoms with Crippen molar-refractivity contribution in [3.63, 3.8) is 0 Å². The molecular weight excluding hydrogens is 301 g/mol. The number of nitrogen functional groups attached to an aromatic ring is 1. The number of benzene rings is 1. The zero-order valence-corrected chi connectivity index (χ0v) is 12.2. The Morgan fingerprint density at radius 2 is 2.14 bits per heavy atom. The van der Waals surface area contributed by atoms with Crippen LogP contribution in [0.5, 0.6) is 5.75 Å². The third-order valence-corrected chi connectivity index (χ3v) is 5.28. The minimum absolute atomic E-state index is 0.00871. The van der Waals surface area contributed by atoms with E-state index in [1.54, 1.807) is 0 Å². The topological polar surface area (TPSA) is 116 Å². The van der Waals surface area contributed by atoms with Gasteiger partial charge in [-0.2, -0.15) is 4.31 Å². The molecule has 1 unspecified atom stereocenters. The molecule has 0 aromatic heterocycles. The number of carbonyl (C=O) groups is 1. The number of amides is 1. The van der Waals surface area contributed by atoms with Crippen molar-refractivity contribution in [2.45, 2.75) is 11.3 Å². The van der Waals surface area contributed by atoms with Crippen LogP contribution in [0.4, 0.5) is 10.1 Å². The molecule has 0 bridgehead atoms. The number of carbonyl (C=O) groups excluding carboxylic acids is 1. The quantitative estimate of drug-likeness (QED) is 0.753. The van der Waals surface area contributed by atoms with E-state index in [-0.39, 0.29) is 29.4 Å². The molecule has 0 radical (unpaired) electrons. The van der Waals surface area contributed by atoms with Crippen molar-refractivity contribution in [2.24, 2.45) is 11.7 Å². The van der Waals surface area contributed by atoms with Gasteiger partial charge in [0.1, 0.15) is 0 Å². The van der Waals surface area contributed by atoms with Gasteiger partial charge < -0.3 is 16.2 Å². The van der Waals surface area contributed by atoms with E-state index in [4.69, 9.17) is 16.2 Å². The number of sulfonamides is 1. The lowest BCUT2D eigenvalue weighted by Gasteiger charge is -2.17. The second-order valence-electron chi connectivity index (χ2n) is 4.78. The number of anilines is 1. The Hall–Kier alpha value is -1.87. The smallest absolute Gasteiger partial charge is 0.243 e. The Kier molecular flexibility index (Phi) is 4.06. The minimum Gasteiger partial charge on any atom is -0.492 e. The summed E-state index contributed by atoms with van der Waals surface area (Å²) in [6.45, 7) is 0.148. The van der Waals surface area contributed by atoms with Gasteiger partial charge in [0.25, 0.3) is 0 Å². The van der Waals surface area contributed by atoms with Crippen molar-refractivity contribution in [2.75, 3.05) is 25.9 Å². The van der Waals surface area contributed by atoms with E-state index in [1.165, 1.54) is 7.11 Å². The molecule has 0 saturated carbocycles. The lowest BCUT2D eigenvalue weighted by molar-refractivity contribution is -0.121. The highest BCUT2D eigenvalue weighted by Crippen LogP contribution is 2.31. The van der Waals surface area contributed by atoms with Crippen LogP contribution in [0.2, 0.25) is 0 Å². The molecule has 2 rings (SSSR count). The highest BCUT2D eigenvalue weighted by atomic mass is 32.2. The average Bonchev–Trinajstić information content (AvgIpc) is 2.88. The molecule has 1 aliphatic heterocycles. The van der Waals surface area contributed by atoms with E-state index in [0.717, 1.165) is 16.4 Å². The van der Waals surface area contributed by atoms with Crippen molar-refractivity contribution in [1.29, 1.82) is 0 Å². The third-order valence-electron chi connectivity index (χ3n) is 3.44. The van der Waals surface area contributed by atoms with Crippen LogP contribution in [0.3, 0.4) is 0 Å². The number of ether oxygens (including phenoxy) is 1. The van der Waals surface area contributed by atoms with Gasteiger partial charge in [-0.15, -0.1) is 0 Å². The van der Waals surface area contributed by atoms with E-state index >= 15 is 0 Å². The number of primary amides is 1. The lowest BCUT2D eigenvalue weighted by atomic mass is 10.1. The molecule has 4 N–H and O–H groups in total. The van der Waals surface area contributed by atoms with Gasteiger partial charge >= 0.3 is 0 Å². The summed E-state index contributed by atoms with van der Waals surface area (Å²) in [7, 11) is -2.69. The van der Waals surface area contributed by atoms with Crippen LogP contribution in [0, 0.1) is 11.7 Å². The summed E-state index contributed by atoms with van der Waals surface area (Å²) in [5.74, 6) is -2.14. The predicted octanol–water partition coefficient (Wildman–Crippen LogP) is -0.0876. The van der Waals surface area contributed by atoms with Gasteiger partial charge in [0.2, 0.25) is 15.9 Å². The molecule has 1 saturated heterocycles. The zero-order valence-electron chi connectivity index (χ0n) is 11.4. The van der Waals surface area contributed by atoms with E-state index in [9.17, 15) is 17.6 Å². The van der Waals surface area contributed by atoms with Crippen molar-refractivity contribution < 1.29 is 22.3 Å². The Morgan fingerprint density at radius 3 is 2.62 bits per heavy atom. The van der Waals surface area contributed by atoms with Crippen LogP contribution in [0.15, 0.2) is 17.0 Å². The molecule has 7 nitrogen and oxygen atoms in total. The molecule has 116 valence electrons. The summed E-state index contributed by atoms with van der Waals surface area (Å²) in [5, 5.41) is 0. The van der Waals surface area contributed by atoms with Crippen LogP contribution in [-0.4, -0.2) is 38.8 Å². The number of halogens is 1. The number of hydrogen-bond donors (Lipinski definition) is 2. The predicted molar refractivity (Wildman–Crippen MR) is 73.4 cm³/mol. The summed E-state index contributed by atoms with van der Waals surface area (Å²) in [6, 6.07) is 1.98. The van der Waals surface area contributed by atoms with Crippen molar-refractivity contribution in [3.05, 3.63) is 17.9 Å². The molecule has 1 fully saturated rings. The number of rotatable bonds is 4. The maximum Gasteiger partial charge on any atom is 0.243 e. The van der Waals surface area contributed by atoms with Crippen LogP contribution < -0.4 is 16.2 Å². The highest BCUT2D eigenvalue weighted by molar-refractivity contribution is 7.89. The van der Waals surface area contributed by atoms with Crippen LogP contribution in [0.1, 0.15) is 6.42 Å². The average molecular weight is 317 g/mol. The van der Waals surface area contributed by atoms with E-state index in [2.05, 4.69) is 0 Å². The van der Waals surface area contributed by atoms with Gasteiger partial charge in [-0.1, -0.05) is 0 Å². The maximum atomic E-state index is 13.8. The molecule has 0 spiro atoms. The SMILES string of the molecule is COc1c(N)cc(S(=O)(=O)N2CCC(C(N)=O)C2)cc1F. The number of nitrogens with zero attached hydrogens (tertiary/aromatic N) is 1. The van der Waals surface area contributed by atoms with Gasteiger partial charge in [0.15, 0.2) is 11.6 Å². The molecule has 1 atom stereocenters. The number of hydrogen-bond acceptors (Lipinski definition) is 5. The van der Waals surface area contributed by atoms with Gasteiger partial charge in [-0.25, -0.2) is 12.8 Å². The second kappa shape index (κ2) is 5.49. The lowest BCUT2D eigenvalue weighted by Crippen LogP contribution is -2.32. The number of nitrogens with two attached hydrogens (primary N) is 2. The van der Waals surface area contributed by atoms with Gasteiger partial charge in [-0.05, 0) is 18.6 Å². The zero-order chi connectivity index (χ0) is 15.8. The summed E-state index contributed by atoms with van der Waals surface area (Å²) >= 11 is 0. The largest absolute Gasteiger partial charge is 0.492 e. The van der Waals surface area contributed by atoms with Gasteiger partial charge in [-0.3, -0.25) is 4.79 Å². The van der Waals surface area contributed by atoms with Crippen molar-refractivity contribution >= 4 is 21.6 Å². The molecule has 1 aromatic carbocycles. The number of methoxy groups -OCH3 is 1. The Morgan fingerprint density at radius 1 is 1.48 bits per heavy atom. The summed E-state index contributed by atoms with van der Waals surface area (Å²) in [4.78, 5) is 10.8. The highest BCUT2D eigenvalue weighted by Gasteiger charge is 2.35.